The average Bonchev–Trinajstić information content (AvgIpc) is 2.27. The first-order chi connectivity index (χ1) is 44.7. The van der Waals surface area contributed by atoms with E-state index in [0.717, 1.165) is 161 Å². The molecule has 0 bridgehead atoms. The molecule has 96 heavy (non-hydrogen) atoms. The van der Waals surface area contributed by atoms with Crippen LogP contribution in [0, 0.1) is 71.0 Å². The first-order valence-corrected chi connectivity index (χ1v) is 39.3. The van der Waals surface area contributed by atoms with Crippen molar-refractivity contribution in [3.05, 3.63) is 0 Å². The lowest BCUT2D eigenvalue weighted by Gasteiger charge is -2.24. The van der Waals surface area contributed by atoms with Crippen LogP contribution in [0.1, 0.15) is 346 Å². The maximum absolute atomic E-state index is 9.69. The number of aliphatic hydroxyl groups excluding tert-OH is 15. The second kappa shape index (κ2) is 75.5. The molecule has 0 aromatic heterocycles. The van der Waals surface area contributed by atoms with Crippen LogP contribution in [0.5, 0.6) is 0 Å². The van der Waals surface area contributed by atoms with Gasteiger partial charge in [0.15, 0.2) is 0 Å². The second-order valence-corrected chi connectivity index (χ2v) is 31.2. The molecule has 0 saturated heterocycles. The van der Waals surface area contributed by atoms with Gasteiger partial charge in [0.2, 0.25) is 0 Å². The quantitative estimate of drug-likeness (QED) is 0.0269. The van der Waals surface area contributed by atoms with Crippen LogP contribution in [0.3, 0.4) is 0 Å². The summed E-state index contributed by atoms with van der Waals surface area (Å²) in [5.41, 5.74) is -0.825. The minimum Gasteiger partial charge on any atom is -0.396 e. The van der Waals surface area contributed by atoms with Gasteiger partial charge in [0.05, 0.1) is 73.2 Å². The highest BCUT2D eigenvalue weighted by molar-refractivity contribution is 4.76. The number of rotatable bonds is 48. The van der Waals surface area contributed by atoms with Crippen molar-refractivity contribution in [2.75, 3.05) is 33.0 Å². The molecule has 16 heteroatoms. The molecule has 0 aromatic rings. The van der Waals surface area contributed by atoms with Gasteiger partial charge in [0, 0.05) is 38.3 Å². The average molecular weight is 1390 g/mol. The lowest BCUT2D eigenvalue weighted by Crippen LogP contribution is -2.32. The van der Waals surface area contributed by atoms with Gasteiger partial charge in [-0.1, -0.05) is 218 Å². The van der Waals surface area contributed by atoms with Crippen molar-refractivity contribution in [1.82, 2.24) is 0 Å². The summed E-state index contributed by atoms with van der Waals surface area (Å²) in [5.74, 6) is 4.89. The number of unbranched alkanes of at least 4 members (excludes halogenated alkanes) is 2. The predicted molar refractivity (Wildman–Crippen MR) is 408 cm³/mol. The maximum atomic E-state index is 9.69. The summed E-state index contributed by atoms with van der Waals surface area (Å²) in [5, 5.41) is 149. The van der Waals surface area contributed by atoms with Gasteiger partial charge >= 0.3 is 0 Å². The summed E-state index contributed by atoms with van der Waals surface area (Å²) in [7, 11) is 0. The van der Waals surface area contributed by atoms with Gasteiger partial charge in [0.25, 0.3) is 0 Å². The van der Waals surface area contributed by atoms with E-state index in [0.29, 0.717) is 72.5 Å². The van der Waals surface area contributed by atoms with Gasteiger partial charge in [-0.3, -0.25) is 0 Å². The van der Waals surface area contributed by atoms with Gasteiger partial charge in [-0.05, 0) is 188 Å². The molecule has 16 nitrogen and oxygen atoms in total. The topological polar surface area (TPSA) is 324 Å². The zero-order valence-corrected chi connectivity index (χ0v) is 67.7. The van der Waals surface area contributed by atoms with E-state index in [2.05, 4.69) is 118 Å². The fourth-order valence-corrected chi connectivity index (χ4v) is 10.4. The van der Waals surface area contributed by atoms with E-state index in [1.165, 1.54) is 0 Å². The lowest BCUT2D eigenvalue weighted by atomic mass is 9.88. The molecule has 0 aliphatic heterocycles. The smallest absolute Gasteiger partial charge is 0.0874 e. The van der Waals surface area contributed by atoms with E-state index < -0.39 is 17.8 Å². The Hall–Kier alpha value is -0.640. The normalized spacial score (nSPS) is 16.5. The molecular weight excluding hydrogens is 1220 g/mol. The van der Waals surface area contributed by atoms with Crippen LogP contribution in [0.25, 0.3) is 0 Å². The predicted octanol–water partition coefficient (Wildman–Crippen LogP) is 15.0. The minimum absolute atomic E-state index is 0.0524. The first kappa shape index (κ1) is 111. The van der Waals surface area contributed by atoms with Crippen LogP contribution in [0.2, 0.25) is 0 Å². The van der Waals surface area contributed by atoms with Gasteiger partial charge in [-0.15, -0.1) is 0 Å². The monoisotopic (exact) mass is 1390 g/mol. The third-order valence-electron chi connectivity index (χ3n) is 18.0. The van der Waals surface area contributed by atoms with Crippen LogP contribution in [-0.2, 0) is 0 Å². The van der Waals surface area contributed by atoms with Crippen molar-refractivity contribution < 1.29 is 81.7 Å². The standard InChI is InChI=1S/8C10H22O2/c1-4-10(12)6-5-9(7-11)8(2)3;1-4-9(11)5-6-10(12)7-8(2)3;1-4-9(7-11)10(12)6-5-8(2)3;1-4-10(12,8-11)7-5-6-9(2)3;1-4-5-10(12)6-9(7-11)8(2)3;1-4-5-9(11)7-10(12)6-8(2)3;1-4-5-6-10(12)9(7-11)8(2)3;1-4-5-6-9(11)10(12)7-8(2)3/h3*8-12H,4-7H2,1-3H3;9,11-12H,4-8H2,1-3H3;4*8-12H,4-7H2,1-3H3. The highest BCUT2D eigenvalue weighted by atomic mass is 16.3. The molecule has 15 unspecified atom stereocenters. The van der Waals surface area contributed by atoms with Crippen molar-refractivity contribution in [3.8, 4) is 0 Å². The summed E-state index contributed by atoms with van der Waals surface area (Å²) in [6.07, 6.45) is 20.8. The Labute approximate surface area is 595 Å². The van der Waals surface area contributed by atoms with Gasteiger partial charge in [0.1, 0.15) is 0 Å². The molecule has 16 N–H and O–H groups in total. The Kier molecular flexibility index (Phi) is 87.5. The largest absolute Gasteiger partial charge is 0.396 e. The van der Waals surface area contributed by atoms with Crippen LogP contribution >= 0.6 is 0 Å². The van der Waals surface area contributed by atoms with E-state index in [1.54, 1.807) is 0 Å². The molecule has 0 amide bonds. The fourth-order valence-electron chi connectivity index (χ4n) is 10.4. The van der Waals surface area contributed by atoms with E-state index in [1.807, 2.05) is 48.5 Å². The third-order valence-corrected chi connectivity index (χ3v) is 18.0. The zero-order chi connectivity index (χ0) is 76.5. The van der Waals surface area contributed by atoms with Crippen LogP contribution in [0.4, 0.5) is 0 Å². The van der Waals surface area contributed by atoms with Crippen molar-refractivity contribution in [1.29, 1.82) is 0 Å². The molecule has 592 valence electrons. The summed E-state index contributed by atoms with van der Waals surface area (Å²) in [6, 6.07) is 0. The second-order valence-electron chi connectivity index (χ2n) is 31.2. The Bertz CT molecular complexity index is 1450. The molecule has 0 aliphatic rings. The summed E-state index contributed by atoms with van der Waals surface area (Å²) in [4.78, 5) is 0. The minimum atomic E-state index is -0.825. The molecule has 0 spiro atoms. The number of aliphatic hydroxyl groups is 16. The van der Waals surface area contributed by atoms with Crippen LogP contribution in [0.15, 0.2) is 0 Å². The fraction of sp³-hybridized carbons (Fsp3) is 1.00. The Morgan fingerprint density at radius 3 is 1.00 bits per heavy atom. The molecule has 0 radical (unpaired) electrons. The molecule has 0 rings (SSSR count). The van der Waals surface area contributed by atoms with Crippen molar-refractivity contribution in [2.45, 2.75) is 413 Å². The zero-order valence-electron chi connectivity index (χ0n) is 67.7. The van der Waals surface area contributed by atoms with E-state index in [9.17, 15) is 56.2 Å². The Balaban J connectivity index is -0.000000154. The highest BCUT2D eigenvalue weighted by Crippen LogP contribution is 2.23. The van der Waals surface area contributed by atoms with Gasteiger partial charge < -0.3 is 81.7 Å². The van der Waals surface area contributed by atoms with E-state index in [4.69, 9.17) is 25.5 Å². The molecule has 15 atom stereocenters. The van der Waals surface area contributed by atoms with E-state index in [-0.39, 0.29) is 99.6 Å². The molecule has 0 heterocycles. The summed E-state index contributed by atoms with van der Waals surface area (Å²) in [6.45, 7) is 50.2. The molecule has 0 saturated carbocycles. The number of hydrogen-bond acceptors (Lipinski definition) is 16. The Morgan fingerprint density at radius 2 is 0.667 bits per heavy atom. The molecular formula is C80H176O16. The molecule has 0 fully saturated rings. The molecule has 0 aromatic carbocycles. The first-order valence-electron chi connectivity index (χ1n) is 39.3. The highest BCUT2D eigenvalue weighted by Gasteiger charge is 2.24. The third kappa shape index (κ3) is 80.7. The SMILES string of the molecule is CCC(CO)C(O)CCC(C)C.CCC(O)(CO)CCCC(C)C.CCC(O)CCC(CO)C(C)C.CCC(O)CCC(O)CC(C)C.CCCC(O)CC(CO)C(C)C.CCCC(O)CC(O)CC(C)C.CCCCC(O)C(CO)C(C)C.CCCCC(O)C(O)CC(C)C. The summed E-state index contributed by atoms with van der Waals surface area (Å²) >= 11 is 0. The van der Waals surface area contributed by atoms with Gasteiger partial charge in [-0.25, -0.2) is 0 Å². The van der Waals surface area contributed by atoms with Crippen LogP contribution < -0.4 is 0 Å². The van der Waals surface area contributed by atoms with Gasteiger partial charge in [-0.2, -0.15) is 0 Å². The Morgan fingerprint density at radius 1 is 0.271 bits per heavy atom. The summed E-state index contributed by atoms with van der Waals surface area (Å²) < 4.78 is 0. The number of hydrogen-bond donors (Lipinski definition) is 16. The van der Waals surface area contributed by atoms with Crippen LogP contribution in [-0.4, -0.2) is 181 Å². The van der Waals surface area contributed by atoms with Crippen molar-refractivity contribution >= 4 is 0 Å². The molecule has 0 aliphatic carbocycles. The maximum Gasteiger partial charge on any atom is 0.0874 e. The lowest BCUT2D eigenvalue weighted by molar-refractivity contribution is -0.0263. The van der Waals surface area contributed by atoms with Crippen molar-refractivity contribution in [2.24, 2.45) is 71.0 Å². The van der Waals surface area contributed by atoms with E-state index >= 15 is 0 Å². The van der Waals surface area contributed by atoms with Crippen molar-refractivity contribution in [3.63, 3.8) is 0 Å².